The molecule has 4 rings (SSSR count). The van der Waals surface area contributed by atoms with Crippen LogP contribution in [-0.2, 0) is 4.74 Å². The first kappa shape index (κ1) is 24.8. The summed E-state index contributed by atoms with van der Waals surface area (Å²) in [5.41, 5.74) is 1.12. The molecule has 0 radical (unpaired) electrons. The fourth-order valence-electron chi connectivity index (χ4n) is 3.60. The number of rotatable bonds is 9. The lowest BCUT2D eigenvalue weighted by Gasteiger charge is -2.26. The van der Waals surface area contributed by atoms with Gasteiger partial charge in [0.15, 0.2) is 11.5 Å². The lowest BCUT2D eigenvalue weighted by atomic mass is 10.2. The zero-order chi connectivity index (χ0) is 24.6. The summed E-state index contributed by atoms with van der Waals surface area (Å²) in [6.45, 7) is 6.96. The van der Waals surface area contributed by atoms with E-state index in [9.17, 15) is 4.79 Å². The van der Waals surface area contributed by atoms with Gasteiger partial charge in [0.2, 0.25) is 5.88 Å². The van der Waals surface area contributed by atoms with Gasteiger partial charge in [-0.1, -0.05) is 11.6 Å². The second-order valence-electron chi connectivity index (χ2n) is 7.73. The molecule has 1 fully saturated rings. The van der Waals surface area contributed by atoms with E-state index in [1.807, 2.05) is 13.0 Å². The second-order valence-corrected chi connectivity index (χ2v) is 8.14. The van der Waals surface area contributed by atoms with E-state index in [1.54, 1.807) is 31.4 Å². The molecule has 0 unspecified atom stereocenters. The summed E-state index contributed by atoms with van der Waals surface area (Å²) in [5.74, 6) is 1.95. The Hall–Kier alpha value is -3.34. The maximum atomic E-state index is 11.8. The summed E-state index contributed by atoms with van der Waals surface area (Å²) in [5, 5.41) is 6.33. The van der Waals surface area contributed by atoms with E-state index in [0.29, 0.717) is 57.9 Å². The van der Waals surface area contributed by atoms with Gasteiger partial charge < -0.3 is 29.6 Å². The molecule has 3 aromatic rings. The SMILES string of the molecule is CCNC(=O)Nc1ccc(Oc2ncnc3cc(OCCN4CCOCC4)c(OC)cc23)cc1Cl. The number of halogens is 1. The monoisotopic (exact) mass is 501 g/mol. The van der Waals surface area contributed by atoms with Gasteiger partial charge in [0.25, 0.3) is 0 Å². The van der Waals surface area contributed by atoms with E-state index in [4.69, 9.17) is 30.5 Å². The molecule has 0 atom stereocenters. The molecular weight excluding hydrogens is 474 g/mol. The molecule has 0 saturated carbocycles. The number of benzene rings is 2. The maximum absolute atomic E-state index is 11.8. The molecule has 186 valence electrons. The van der Waals surface area contributed by atoms with Gasteiger partial charge in [0, 0.05) is 38.3 Å². The summed E-state index contributed by atoms with van der Waals surface area (Å²) in [7, 11) is 1.58. The Morgan fingerprint density at radius 3 is 2.74 bits per heavy atom. The number of anilines is 1. The van der Waals surface area contributed by atoms with Crippen LogP contribution in [0.3, 0.4) is 0 Å². The zero-order valence-corrected chi connectivity index (χ0v) is 20.4. The summed E-state index contributed by atoms with van der Waals surface area (Å²) >= 11 is 6.33. The largest absolute Gasteiger partial charge is 0.493 e. The molecule has 10 nitrogen and oxygen atoms in total. The summed E-state index contributed by atoms with van der Waals surface area (Å²) < 4.78 is 23.0. The predicted molar refractivity (Wildman–Crippen MR) is 133 cm³/mol. The van der Waals surface area contributed by atoms with Crippen LogP contribution in [0.15, 0.2) is 36.7 Å². The highest BCUT2D eigenvalue weighted by atomic mass is 35.5. The number of hydrogen-bond acceptors (Lipinski definition) is 8. The van der Waals surface area contributed by atoms with Crippen LogP contribution < -0.4 is 24.8 Å². The van der Waals surface area contributed by atoms with Gasteiger partial charge >= 0.3 is 6.03 Å². The maximum Gasteiger partial charge on any atom is 0.319 e. The Morgan fingerprint density at radius 1 is 1.17 bits per heavy atom. The lowest BCUT2D eigenvalue weighted by molar-refractivity contribution is 0.0321. The number of amides is 2. The number of aromatic nitrogens is 2. The minimum atomic E-state index is -0.333. The quantitative estimate of drug-likeness (QED) is 0.454. The Bertz CT molecular complexity index is 1170. The smallest absolute Gasteiger partial charge is 0.319 e. The molecule has 1 aliphatic rings. The number of urea groups is 1. The van der Waals surface area contributed by atoms with Crippen LogP contribution in [0.2, 0.25) is 5.02 Å². The third kappa shape index (κ3) is 6.41. The van der Waals surface area contributed by atoms with Crippen molar-refractivity contribution in [2.75, 3.05) is 58.4 Å². The Morgan fingerprint density at radius 2 is 2.00 bits per heavy atom. The Kier molecular flexibility index (Phi) is 8.40. The lowest BCUT2D eigenvalue weighted by Crippen LogP contribution is -2.38. The van der Waals surface area contributed by atoms with Crippen molar-refractivity contribution in [3.63, 3.8) is 0 Å². The van der Waals surface area contributed by atoms with Crippen molar-refractivity contribution in [2.45, 2.75) is 6.92 Å². The van der Waals surface area contributed by atoms with Gasteiger partial charge in [-0.2, -0.15) is 0 Å². The van der Waals surface area contributed by atoms with Crippen LogP contribution in [0.4, 0.5) is 10.5 Å². The summed E-state index contributed by atoms with van der Waals surface area (Å²) in [6, 6.07) is 8.24. The normalized spacial score (nSPS) is 13.9. The minimum Gasteiger partial charge on any atom is -0.493 e. The molecule has 2 heterocycles. The van der Waals surface area contributed by atoms with Crippen molar-refractivity contribution < 1.29 is 23.7 Å². The Balaban J connectivity index is 1.49. The van der Waals surface area contributed by atoms with Crippen LogP contribution in [-0.4, -0.2) is 74.0 Å². The van der Waals surface area contributed by atoms with E-state index in [2.05, 4.69) is 25.5 Å². The highest BCUT2D eigenvalue weighted by Gasteiger charge is 2.15. The third-order valence-corrected chi connectivity index (χ3v) is 5.71. The van der Waals surface area contributed by atoms with Crippen LogP contribution in [0.5, 0.6) is 23.1 Å². The van der Waals surface area contributed by atoms with Crippen LogP contribution >= 0.6 is 11.6 Å². The van der Waals surface area contributed by atoms with Crippen molar-refractivity contribution in [3.05, 3.63) is 41.7 Å². The molecule has 0 aliphatic carbocycles. The minimum absolute atomic E-state index is 0.333. The number of carbonyl (C=O) groups is 1. The number of nitrogens with one attached hydrogen (secondary N) is 2. The molecule has 2 amide bonds. The van der Waals surface area contributed by atoms with Gasteiger partial charge in [-0.25, -0.2) is 14.8 Å². The second kappa shape index (κ2) is 11.9. The molecule has 11 heteroatoms. The number of nitrogens with zero attached hydrogens (tertiary/aromatic N) is 3. The molecule has 1 saturated heterocycles. The van der Waals surface area contributed by atoms with Gasteiger partial charge in [0.1, 0.15) is 18.7 Å². The van der Waals surface area contributed by atoms with Gasteiger partial charge in [-0.3, -0.25) is 4.90 Å². The first-order valence-electron chi connectivity index (χ1n) is 11.3. The van der Waals surface area contributed by atoms with E-state index < -0.39 is 0 Å². The summed E-state index contributed by atoms with van der Waals surface area (Å²) in [4.78, 5) is 22.7. The predicted octanol–water partition coefficient (Wildman–Crippen LogP) is 3.94. The molecule has 35 heavy (non-hydrogen) atoms. The summed E-state index contributed by atoms with van der Waals surface area (Å²) in [6.07, 6.45) is 1.42. The first-order valence-corrected chi connectivity index (χ1v) is 11.7. The number of morpholine rings is 1. The topological polar surface area (TPSA) is 107 Å². The number of fused-ring (bicyclic) bond motifs is 1. The van der Waals surface area contributed by atoms with E-state index in [1.165, 1.54) is 6.33 Å². The van der Waals surface area contributed by atoms with Crippen molar-refractivity contribution in [2.24, 2.45) is 0 Å². The first-order chi connectivity index (χ1) is 17.1. The fourth-order valence-corrected chi connectivity index (χ4v) is 3.82. The molecule has 2 N–H and O–H groups in total. The van der Waals surface area contributed by atoms with Gasteiger partial charge in [-0.15, -0.1) is 0 Å². The van der Waals surface area contributed by atoms with Crippen molar-refractivity contribution in [1.29, 1.82) is 0 Å². The van der Waals surface area contributed by atoms with Gasteiger partial charge in [0.05, 0.1) is 41.9 Å². The molecule has 1 aromatic heterocycles. The van der Waals surface area contributed by atoms with E-state index >= 15 is 0 Å². The van der Waals surface area contributed by atoms with Crippen molar-refractivity contribution in [1.82, 2.24) is 20.2 Å². The average Bonchev–Trinajstić information content (AvgIpc) is 2.86. The van der Waals surface area contributed by atoms with E-state index in [-0.39, 0.29) is 6.03 Å². The molecule has 0 spiro atoms. The fraction of sp³-hybridized carbons (Fsp3) is 0.375. The van der Waals surface area contributed by atoms with Crippen LogP contribution in [0.25, 0.3) is 10.9 Å². The van der Waals surface area contributed by atoms with Crippen LogP contribution in [0.1, 0.15) is 6.92 Å². The van der Waals surface area contributed by atoms with Crippen molar-refractivity contribution in [3.8, 4) is 23.1 Å². The van der Waals surface area contributed by atoms with Crippen LogP contribution in [0, 0.1) is 0 Å². The highest BCUT2D eigenvalue weighted by molar-refractivity contribution is 6.33. The number of carbonyl (C=O) groups excluding carboxylic acids is 1. The Labute approximate surface area is 208 Å². The van der Waals surface area contributed by atoms with E-state index in [0.717, 1.165) is 32.8 Å². The number of methoxy groups -OCH3 is 1. The molecular formula is C24H28ClN5O5. The molecule has 1 aliphatic heterocycles. The molecule has 0 bridgehead atoms. The zero-order valence-electron chi connectivity index (χ0n) is 19.7. The standard InChI is InChI=1S/C24H28ClN5O5/c1-3-26-24(31)29-19-5-4-16(12-18(19)25)35-23-17-13-21(32-2)22(14-20(17)27-15-28-23)34-11-8-30-6-9-33-10-7-30/h4-5,12-15H,3,6-11H2,1-2H3,(H2,26,29,31). The number of ether oxygens (including phenoxy) is 4. The van der Waals surface area contributed by atoms with Gasteiger partial charge in [-0.05, 0) is 25.1 Å². The highest BCUT2D eigenvalue weighted by Crippen LogP contribution is 2.37. The number of hydrogen-bond donors (Lipinski definition) is 2. The molecule has 2 aromatic carbocycles. The third-order valence-electron chi connectivity index (χ3n) is 5.39. The van der Waals surface area contributed by atoms with Crippen molar-refractivity contribution >= 4 is 34.2 Å². The average molecular weight is 502 g/mol.